The number of carbonyl (C=O) groups is 2. The van der Waals surface area contributed by atoms with Gasteiger partial charge < -0.3 is 18.9 Å². The summed E-state index contributed by atoms with van der Waals surface area (Å²) in [4.78, 5) is 39.1. The Bertz CT molecular complexity index is 1060. The van der Waals surface area contributed by atoms with Crippen LogP contribution in [0.4, 0.5) is 0 Å². The molecule has 2 amide bonds. The number of carbonyl (C=O) groups excluding carboxylic acids is 2. The summed E-state index contributed by atoms with van der Waals surface area (Å²) in [5, 5.41) is 0. The second kappa shape index (κ2) is 9.46. The number of nitrogens with one attached hydrogen (secondary N) is 3. The lowest BCUT2D eigenvalue weighted by Gasteiger charge is -2.15. The highest BCUT2D eigenvalue weighted by molar-refractivity contribution is 5.95. The standard InChI is InChI=1S/C21H21N3O6/c1-3-28-14-6-8-15(9-7-14)30-13(2)19(25)23-24-21(27)16-10-11-17(22-20(16)26)18-5-4-12-29-18/h4-13H,3H2,1-2H3,(H,22,26)(H,23,25)(H,24,27). The predicted molar refractivity (Wildman–Crippen MR) is 108 cm³/mol. The molecule has 0 aliphatic rings. The molecule has 0 fully saturated rings. The van der Waals surface area contributed by atoms with Gasteiger partial charge in [0.2, 0.25) is 0 Å². The van der Waals surface area contributed by atoms with Crippen LogP contribution in [0.5, 0.6) is 11.5 Å². The minimum absolute atomic E-state index is 0.161. The summed E-state index contributed by atoms with van der Waals surface area (Å²) in [7, 11) is 0. The number of furan rings is 1. The van der Waals surface area contributed by atoms with E-state index in [1.165, 1.54) is 25.3 Å². The molecule has 2 heterocycles. The van der Waals surface area contributed by atoms with Crippen molar-refractivity contribution in [1.82, 2.24) is 15.8 Å². The highest BCUT2D eigenvalue weighted by Gasteiger charge is 2.17. The van der Waals surface area contributed by atoms with E-state index >= 15 is 0 Å². The fraction of sp³-hybridized carbons (Fsp3) is 0.190. The largest absolute Gasteiger partial charge is 0.494 e. The van der Waals surface area contributed by atoms with Crippen molar-refractivity contribution in [1.29, 1.82) is 0 Å². The van der Waals surface area contributed by atoms with Gasteiger partial charge in [0.05, 0.1) is 18.6 Å². The Hall–Kier alpha value is -4.01. The number of benzene rings is 1. The number of aromatic nitrogens is 1. The van der Waals surface area contributed by atoms with Crippen LogP contribution in [0.15, 0.2) is 64.0 Å². The van der Waals surface area contributed by atoms with Crippen LogP contribution in [0.1, 0.15) is 24.2 Å². The van der Waals surface area contributed by atoms with Gasteiger partial charge in [0.1, 0.15) is 22.8 Å². The summed E-state index contributed by atoms with van der Waals surface area (Å²) < 4.78 is 16.1. The zero-order chi connectivity index (χ0) is 21.5. The maximum Gasteiger partial charge on any atom is 0.279 e. The molecule has 3 N–H and O–H groups in total. The van der Waals surface area contributed by atoms with Gasteiger partial charge >= 0.3 is 0 Å². The van der Waals surface area contributed by atoms with Gasteiger partial charge in [-0.3, -0.25) is 25.2 Å². The van der Waals surface area contributed by atoms with E-state index in [1.54, 1.807) is 36.4 Å². The Labute approximate surface area is 172 Å². The van der Waals surface area contributed by atoms with E-state index in [9.17, 15) is 14.4 Å². The fourth-order valence-electron chi connectivity index (χ4n) is 2.55. The van der Waals surface area contributed by atoms with Crippen molar-refractivity contribution >= 4 is 11.8 Å². The average molecular weight is 411 g/mol. The normalized spacial score (nSPS) is 11.4. The summed E-state index contributed by atoms with van der Waals surface area (Å²) in [6.07, 6.45) is 0.586. The van der Waals surface area contributed by atoms with Crippen molar-refractivity contribution in [3.05, 3.63) is 70.7 Å². The topological polar surface area (TPSA) is 123 Å². The smallest absolute Gasteiger partial charge is 0.279 e. The SMILES string of the molecule is CCOc1ccc(OC(C)C(=O)NNC(=O)c2ccc(-c3ccco3)[nH]c2=O)cc1. The molecular formula is C21H21N3O6. The Morgan fingerprint density at radius 3 is 2.43 bits per heavy atom. The first-order valence-electron chi connectivity index (χ1n) is 9.25. The van der Waals surface area contributed by atoms with E-state index in [0.29, 0.717) is 29.6 Å². The van der Waals surface area contributed by atoms with Crippen LogP contribution in [-0.2, 0) is 4.79 Å². The molecule has 9 nitrogen and oxygen atoms in total. The maximum absolute atomic E-state index is 12.2. The first-order valence-corrected chi connectivity index (χ1v) is 9.25. The summed E-state index contributed by atoms with van der Waals surface area (Å²) in [5.41, 5.74) is 4.10. The molecule has 0 aliphatic carbocycles. The molecular weight excluding hydrogens is 390 g/mol. The zero-order valence-corrected chi connectivity index (χ0v) is 16.4. The van der Waals surface area contributed by atoms with Crippen molar-refractivity contribution in [2.75, 3.05) is 6.61 Å². The Morgan fingerprint density at radius 1 is 1.07 bits per heavy atom. The number of hydrogen-bond acceptors (Lipinski definition) is 6. The molecule has 0 spiro atoms. The average Bonchev–Trinajstić information content (AvgIpc) is 3.28. The molecule has 0 aliphatic heterocycles. The van der Waals surface area contributed by atoms with Crippen LogP contribution in [0.25, 0.3) is 11.5 Å². The lowest BCUT2D eigenvalue weighted by Crippen LogP contribution is -2.48. The molecule has 156 valence electrons. The Kier molecular flexibility index (Phi) is 6.53. The minimum Gasteiger partial charge on any atom is -0.494 e. The Balaban J connectivity index is 1.54. The van der Waals surface area contributed by atoms with E-state index < -0.39 is 23.5 Å². The first-order chi connectivity index (χ1) is 14.5. The molecule has 3 rings (SSSR count). The number of aromatic amines is 1. The second-order valence-corrected chi connectivity index (χ2v) is 6.20. The number of hydrogen-bond donors (Lipinski definition) is 3. The molecule has 0 saturated carbocycles. The molecule has 1 unspecified atom stereocenters. The van der Waals surface area contributed by atoms with Crippen LogP contribution in [-0.4, -0.2) is 29.5 Å². The molecule has 0 bridgehead atoms. The number of rotatable bonds is 7. The van der Waals surface area contributed by atoms with E-state index in [1.807, 2.05) is 6.92 Å². The quantitative estimate of drug-likeness (QED) is 0.513. The number of pyridine rings is 1. The van der Waals surface area contributed by atoms with E-state index in [0.717, 1.165) is 0 Å². The lowest BCUT2D eigenvalue weighted by molar-refractivity contribution is -0.128. The van der Waals surface area contributed by atoms with Gasteiger partial charge in [-0.25, -0.2) is 0 Å². The van der Waals surface area contributed by atoms with Crippen LogP contribution < -0.4 is 25.9 Å². The number of amides is 2. The molecule has 3 aromatic rings. The predicted octanol–water partition coefficient (Wildman–Crippen LogP) is 2.26. The first kappa shape index (κ1) is 20.7. The van der Waals surface area contributed by atoms with Gasteiger partial charge in [-0.05, 0) is 62.4 Å². The molecule has 30 heavy (non-hydrogen) atoms. The highest BCUT2D eigenvalue weighted by atomic mass is 16.5. The monoisotopic (exact) mass is 411 g/mol. The van der Waals surface area contributed by atoms with Crippen molar-refractivity contribution in [2.45, 2.75) is 20.0 Å². The maximum atomic E-state index is 12.2. The van der Waals surface area contributed by atoms with Crippen LogP contribution in [0.3, 0.4) is 0 Å². The number of H-pyrrole nitrogens is 1. The number of hydrazine groups is 1. The van der Waals surface area contributed by atoms with Crippen molar-refractivity contribution < 1.29 is 23.5 Å². The van der Waals surface area contributed by atoms with Gasteiger partial charge in [-0.1, -0.05) is 0 Å². The van der Waals surface area contributed by atoms with E-state index in [4.69, 9.17) is 13.9 Å². The molecule has 1 atom stereocenters. The van der Waals surface area contributed by atoms with Gasteiger partial charge in [-0.2, -0.15) is 0 Å². The third-order valence-electron chi connectivity index (χ3n) is 4.06. The summed E-state index contributed by atoms with van der Waals surface area (Å²) in [6.45, 7) is 3.96. The highest BCUT2D eigenvalue weighted by Crippen LogP contribution is 2.18. The third-order valence-corrected chi connectivity index (χ3v) is 4.06. The van der Waals surface area contributed by atoms with Crippen LogP contribution in [0.2, 0.25) is 0 Å². The lowest BCUT2D eigenvalue weighted by atomic mass is 10.2. The fourth-order valence-corrected chi connectivity index (χ4v) is 2.55. The third kappa shape index (κ3) is 5.07. The van der Waals surface area contributed by atoms with Crippen molar-refractivity contribution in [3.63, 3.8) is 0 Å². The minimum atomic E-state index is -0.886. The van der Waals surface area contributed by atoms with Gasteiger partial charge in [0.25, 0.3) is 17.4 Å². The summed E-state index contributed by atoms with van der Waals surface area (Å²) in [5.74, 6) is 0.284. The molecule has 0 radical (unpaired) electrons. The molecule has 1 aromatic carbocycles. The van der Waals surface area contributed by atoms with Crippen molar-refractivity contribution in [3.8, 4) is 23.0 Å². The molecule has 9 heteroatoms. The van der Waals surface area contributed by atoms with E-state index in [-0.39, 0.29) is 5.56 Å². The molecule has 0 saturated heterocycles. The van der Waals surface area contributed by atoms with Gasteiger partial charge in [0, 0.05) is 0 Å². The van der Waals surface area contributed by atoms with Gasteiger partial charge in [-0.15, -0.1) is 0 Å². The van der Waals surface area contributed by atoms with Gasteiger partial charge in [0.15, 0.2) is 6.10 Å². The summed E-state index contributed by atoms with van der Waals surface area (Å²) >= 11 is 0. The Morgan fingerprint density at radius 2 is 1.80 bits per heavy atom. The molecule has 2 aromatic heterocycles. The second-order valence-electron chi connectivity index (χ2n) is 6.20. The van der Waals surface area contributed by atoms with E-state index in [2.05, 4.69) is 15.8 Å². The van der Waals surface area contributed by atoms with Crippen LogP contribution >= 0.6 is 0 Å². The van der Waals surface area contributed by atoms with Crippen molar-refractivity contribution in [2.24, 2.45) is 0 Å². The number of ether oxygens (including phenoxy) is 2. The summed E-state index contributed by atoms with van der Waals surface area (Å²) in [6, 6.07) is 13.0. The zero-order valence-electron chi connectivity index (χ0n) is 16.4. The van der Waals surface area contributed by atoms with Crippen LogP contribution in [0, 0.1) is 0 Å².